The summed E-state index contributed by atoms with van der Waals surface area (Å²) in [7, 11) is 1.62. The molecule has 0 aliphatic carbocycles. The van der Waals surface area contributed by atoms with Gasteiger partial charge in [-0.1, -0.05) is 12.1 Å². The molecule has 0 bridgehead atoms. The maximum Gasteiger partial charge on any atom is 0.418 e. The summed E-state index contributed by atoms with van der Waals surface area (Å²) in [6.07, 6.45) is -3.65. The number of aryl methyl sites for hydroxylation is 1. The molecule has 2 N–H and O–H groups in total. The van der Waals surface area contributed by atoms with Crippen molar-refractivity contribution in [2.45, 2.75) is 19.5 Å². The molecule has 1 aromatic carbocycles. The Morgan fingerprint density at radius 2 is 1.83 bits per heavy atom. The van der Waals surface area contributed by atoms with Gasteiger partial charge in [-0.2, -0.15) is 13.2 Å². The molecule has 0 spiro atoms. The number of para-hydroxylation sites is 1. The van der Waals surface area contributed by atoms with Gasteiger partial charge in [0.1, 0.15) is 17.5 Å². The van der Waals surface area contributed by atoms with Crippen molar-refractivity contribution in [2.24, 2.45) is 0 Å². The van der Waals surface area contributed by atoms with Gasteiger partial charge >= 0.3 is 6.18 Å². The van der Waals surface area contributed by atoms with Crippen LogP contribution in [0.5, 0.6) is 0 Å². The smallest absolute Gasteiger partial charge is 0.385 e. The summed E-state index contributed by atoms with van der Waals surface area (Å²) in [5.41, 5.74) is -0.788. The first-order chi connectivity index (χ1) is 11.4. The van der Waals surface area contributed by atoms with Crippen LogP contribution in [0, 0.1) is 6.92 Å². The number of benzene rings is 1. The molecule has 0 atom stereocenters. The average Bonchev–Trinajstić information content (AvgIpc) is 2.50. The van der Waals surface area contributed by atoms with E-state index in [1.54, 1.807) is 20.1 Å². The first kappa shape index (κ1) is 18.0. The van der Waals surface area contributed by atoms with Gasteiger partial charge in [0.25, 0.3) is 0 Å². The van der Waals surface area contributed by atoms with E-state index in [1.165, 1.54) is 18.2 Å². The van der Waals surface area contributed by atoms with E-state index in [2.05, 4.69) is 20.6 Å². The lowest BCUT2D eigenvalue weighted by atomic mass is 10.1. The lowest BCUT2D eigenvalue weighted by molar-refractivity contribution is -0.136. The Morgan fingerprint density at radius 1 is 1.12 bits per heavy atom. The Hall–Kier alpha value is -2.35. The van der Waals surface area contributed by atoms with E-state index < -0.39 is 11.7 Å². The monoisotopic (exact) mass is 340 g/mol. The average molecular weight is 340 g/mol. The molecule has 0 aliphatic heterocycles. The highest BCUT2D eigenvalue weighted by Gasteiger charge is 2.33. The second kappa shape index (κ2) is 7.96. The number of ether oxygens (including phenoxy) is 1. The summed E-state index contributed by atoms with van der Waals surface area (Å²) >= 11 is 0. The zero-order chi connectivity index (χ0) is 17.6. The molecule has 2 rings (SSSR count). The van der Waals surface area contributed by atoms with E-state index in [0.717, 1.165) is 12.5 Å². The van der Waals surface area contributed by atoms with E-state index in [4.69, 9.17) is 4.74 Å². The fraction of sp³-hybridized carbons (Fsp3) is 0.375. The molecule has 2 aromatic rings. The van der Waals surface area contributed by atoms with Crippen LogP contribution in [0.4, 0.5) is 30.5 Å². The summed E-state index contributed by atoms with van der Waals surface area (Å²) in [6.45, 7) is 2.94. The van der Waals surface area contributed by atoms with Gasteiger partial charge in [0.15, 0.2) is 0 Å². The van der Waals surface area contributed by atoms with Crippen LogP contribution >= 0.6 is 0 Å². The second-order valence-corrected chi connectivity index (χ2v) is 5.13. The van der Waals surface area contributed by atoms with Crippen LogP contribution in [-0.4, -0.2) is 30.2 Å². The summed E-state index contributed by atoms with van der Waals surface area (Å²) < 4.78 is 44.1. The van der Waals surface area contributed by atoms with Crippen LogP contribution in [-0.2, 0) is 10.9 Å². The van der Waals surface area contributed by atoms with E-state index in [1.807, 2.05) is 0 Å². The third-order valence-corrected chi connectivity index (χ3v) is 3.16. The minimum atomic E-state index is -4.44. The molecule has 0 fully saturated rings. The number of hydrogen-bond acceptors (Lipinski definition) is 5. The number of nitrogens with one attached hydrogen (secondary N) is 2. The summed E-state index contributed by atoms with van der Waals surface area (Å²) in [6, 6.07) is 6.86. The fourth-order valence-corrected chi connectivity index (χ4v) is 2.13. The van der Waals surface area contributed by atoms with Gasteiger partial charge in [0.05, 0.1) is 11.3 Å². The van der Waals surface area contributed by atoms with Gasteiger partial charge in [0.2, 0.25) is 0 Å². The minimum absolute atomic E-state index is 0.0477. The van der Waals surface area contributed by atoms with Gasteiger partial charge in [-0.05, 0) is 25.5 Å². The molecule has 0 amide bonds. The van der Waals surface area contributed by atoms with Crippen LogP contribution in [0.25, 0.3) is 0 Å². The number of alkyl halides is 3. The van der Waals surface area contributed by atoms with E-state index >= 15 is 0 Å². The molecule has 0 unspecified atom stereocenters. The SMILES string of the molecule is COCCCNc1cc(Nc2ccccc2C(F)(F)F)nc(C)n1. The Morgan fingerprint density at radius 3 is 2.54 bits per heavy atom. The van der Waals surface area contributed by atoms with Crippen molar-refractivity contribution in [3.8, 4) is 0 Å². The predicted molar refractivity (Wildman–Crippen MR) is 86.5 cm³/mol. The molecule has 24 heavy (non-hydrogen) atoms. The molecule has 8 heteroatoms. The molecular formula is C16H19F3N4O. The second-order valence-electron chi connectivity index (χ2n) is 5.13. The lowest BCUT2D eigenvalue weighted by Crippen LogP contribution is -2.10. The topological polar surface area (TPSA) is 59.1 Å². The van der Waals surface area contributed by atoms with Crippen molar-refractivity contribution in [2.75, 3.05) is 30.9 Å². The number of hydrogen-bond donors (Lipinski definition) is 2. The van der Waals surface area contributed by atoms with Crippen molar-refractivity contribution < 1.29 is 17.9 Å². The van der Waals surface area contributed by atoms with Crippen molar-refractivity contribution in [1.82, 2.24) is 9.97 Å². The highest BCUT2D eigenvalue weighted by Crippen LogP contribution is 2.35. The molecule has 5 nitrogen and oxygen atoms in total. The highest BCUT2D eigenvalue weighted by molar-refractivity contribution is 5.63. The van der Waals surface area contributed by atoms with Crippen LogP contribution in [0.2, 0.25) is 0 Å². The van der Waals surface area contributed by atoms with Gasteiger partial charge < -0.3 is 15.4 Å². The van der Waals surface area contributed by atoms with E-state index in [9.17, 15) is 13.2 Å². The van der Waals surface area contributed by atoms with E-state index in [-0.39, 0.29) is 5.69 Å². The minimum Gasteiger partial charge on any atom is -0.385 e. The zero-order valence-electron chi connectivity index (χ0n) is 13.4. The number of anilines is 3. The molecule has 1 aromatic heterocycles. The predicted octanol–water partition coefficient (Wildman–Crippen LogP) is 4.00. The summed E-state index contributed by atoms with van der Waals surface area (Å²) in [4.78, 5) is 8.36. The molecule has 0 saturated heterocycles. The number of halogens is 3. The van der Waals surface area contributed by atoms with Crippen LogP contribution < -0.4 is 10.6 Å². The number of rotatable bonds is 7. The Balaban J connectivity index is 2.17. The zero-order valence-corrected chi connectivity index (χ0v) is 13.4. The van der Waals surface area contributed by atoms with E-state index in [0.29, 0.717) is 30.6 Å². The molecule has 0 radical (unpaired) electrons. The molecule has 0 saturated carbocycles. The van der Waals surface area contributed by atoms with Crippen LogP contribution in [0.1, 0.15) is 17.8 Å². The first-order valence-electron chi connectivity index (χ1n) is 7.42. The van der Waals surface area contributed by atoms with Crippen LogP contribution in [0.3, 0.4) is 0 Å². The van der Waals surface area contributed by atoms with Crippen molar-refractivity contribution in [3.63, 3.8) is 0 Å². The maximum absolute atomic E-state index is 13.1. The standard InChI is InChI=1S/C16H19F3N4O/c1-11-21-14(20-8-5-9-24-2)10-15(22-11)23-13-7-4-3-6-12(13)16(17,18)19/h3-4,6-7,10H,5,8-9H2,1-2H3,(H2,20,21,22,23). The van der Waals surface area contributed by atoms with Gasteiger partial charge in [-0.15, -0.1) is 0 Å². The Labute approximate surface area is 138 Å². The summed E-state index contributed by atoms with van der Waals surface area (Å²) in [5.74, 6) is 1.30. The van der Waals surface area contributed by atoms with Gasteiger partial charge in [-0.25, -0.2) is 9.97 Å². The number of methoxy groups -OCH3 is 1. The quantitative estimate of drug-likeness (QED) is 0.746. The third-order valence-electron chi connectivity index (χ3n) is 3.16. The van der Waals surface area contributed by atoms with Gasteiger partial charge in [-0.3, -0.25) is 0 Å². The molecule has 1 heterocycles. The molecular weight excluding hydrogens is 321 g/mol. The lowest BCUT2D eigenvalue weighted by Gasteiger charge is -2.15. The van der Waals surface area contributed by atoms with Gasteiger partial charge in [0, 0.05) is 26.3 Å². The van der Waals surface area contributed by atoms with Crippen molar-refractivity contribution >= 4 is 17.3 Å². The normalized spacial score (nSPS) is 11.4. The van der Waals surface area contributed by atoms with Crippen molar-refractivity contribution in [1.29, 1.82) is 0 Å². The summed E-state index contributed by atoms with van der Waals surface area (Å²) in [5, 5.41) is 5.82. The Bertz CT molecular complexity index is 677. The third kappa shape index (κ3) is 5.09. The maximum atomic E-state index is 13.1. The Kier molecular flexibility index (Phi) is 5.97. The number of nitrogens with zero attached hydrogens (tertiary/aromatic N) is 2. The fourth-order valence-electron chi connectivity index (χ4n) is 2.13. The van der Waals surface area contributed by atoms with Crippen molar-refractivity contribution in [3.05, 3.63) is 41.7 Å². The van der Waals surface area contributed by atoms with Crippen LogP contribution in [0.15, 0.2) is 30.3 Å². The first-order valence-corrected chi connectivity index (χ1v) is 7.42. The number of aromatic nitrogens is 2. The molecule has 0 aliphatic rings. The largest absolute Gasteiger partial charge is 0.418 e. The molecule has 130 valence electrons. The highest BCUT2D eigenvalue weighted by atomic mass is 19.4.